The average molecular weight is 702 g/mol. The van der Waals surface area contributed by atoms with Crippen LogP contribution in [0.1, 0.15) is 45.4 Å². The quantitative estimate of drug-likeness (QED) is 0.0594. The molecule has 3 rings (SSSR count). The number of rotatable bonds is 18. The van der Waals surface area contributed by atoms with Crippen LogP contribution in [0.3, 0.4) is 0 Å². The monoisotopic (exact) mass is 701 g/mol. The minimum absolute atomic E-state index is 0.0746. The Kier molecular flexibility index (Phi) is 16.9. The molecule has 280 valence electrons. The highest BCUT2D eigenvalue weighted by atomic mass is 16.8. The highest BCUT2D eigenvalue weighted by molar-refractivity contribution is 5.78. The van der Waals surface area contributed by atoms with Gasteiger partial charge < -0.3 is 84.8 Å². The summed E-state index contributed by atoms with van der Waals surface area (Å²) in [6, 6.07) is 0. The molecule has 11 N–H and O–H groups in total. The number of nitrogens with one attached hydrogen (secondary N) is 1. The maximum Gasteiger partial charge on any atom is 0.219 e. The van der Waals surface area contributed by atoms with Crippen molar-refractivity contribution in [2.75, 3.05) is 33.0 Å². The fourth-order valence-corrected chi connectivity index (χ4v) is 5.65. The largest absolute Gasteiger partial charge is 0.394 e. The molecule has 19 nitrogen and oxygen atoms in total. The van der Waals surface area contributed by atoms with E-state index in [1.54, 1.807) is 0 Å². The van der Waals surface area contributed by atoms with Gasteiger partial charge in [-0.3, -0.25) is 9.59 Å². The molecule has 0 aliphatic carbocycles. The number of amides is 1. The van der Waals surface area contributed by atoms with Crippen LogP contribution < -0.4 is 5.32 Å². The van der Waals surface area contributed by atoms with E-state index in [0.717, 1.165) is 0 Å². The summed E-state index contributed by atoms with van der Waals surface area (Å²) < 4.78 is 33.8. The van der Waals surface area contributed by atoms with Gasteiger partial charge in [-0.25, -0.2) is 0 Å². The van der Waals surface area contributed by atoms with Crippen molar-refractivity contribution in [1.29, 1.82) is 0 Å². The fourth-order valence-electron chi connectivity index (χ4n) is 5.65. The van der Waals surface area contributed by atoms with Crippen LogP contribution in [0.2, 0.25) is 0 Å². The lowest BCUT2D eigenvalue weighted by molar-refractivity contribution is -0.387. The van der Waals surface area contributed by atoms with Crippen molar-refractivity contribution in [2.45, 2.75) is 138 Å². The van der Waals surface area contributed by atoms with E-state index in [1.165, 1.54) is 0 Å². The summed E-state index contributed by atoms with van der Waals surface area (Å²) in [6.45, 7) is -0.113. The summed E-state index contributed by atoms with van der Waals surface area (Å²) in [6.07, 6.45) is -23.1. The molecule has 1 amide bonds. The van der Waals surface area contributed by atoms with Crippen molar-refractivity contribution in [3.8, 4) is 0 Å². The molecule has 0 aromatic carbocycles. The van der Waals surface area contributed by atoms with E-state index < -0.39 is 112 Å². The second-order valence-electron chi connectivity index (χ2n) is 12.0. The van der Waals surface area contributed by atoms with E-state index >= 15 is 0 Å². The van der Waals surface area contributed by atoms with Crippen LogP contribution in [-0.4, -0.2) is 188 Å². The lowest BCUT2D eigenvalue weighted by Crippen LogP contribution is -2.67. The van der Waals surface area contributed by atoms with Crippen molar-refractivity contribution in [2.24, 2.45) is 0 Å². The predicted octanol–water partition coefficient (Wildman–Crippen LogP) is -5.50. The Morgan fingerprint density at radius 3 is 1.58 bits per heavy atom. The first-order valence-electron chi connectivity index (χ1n) is 16.1. The molecule has 3 fully saturated rings. The highest BCUT2D eigenvalue weighted by Gasteiger charge is 2.54. The van der Waals surface area contributed by atoms with E-state index in [2.05, 4.69) is 5.32 Å². The van der Waals surface area contributed by atoms with Crippen molar-refractivity contribution >= 4 is 11.7 Å². The Morgan fingerprint density at radius 2 is 1.06 bits per heavy atom. The number of aliphatic hydroxyl groups excluding tert-OH is 10. The average Bonchev–Trinajstić information content (AvgIpc) is 3.07. The molecular weight excluding hydrogens is 650 g/mol. The van der Waals surface area contributed by atoms with Gasteiger partial charge in [0.15, 0.2) is 18.9 Å². The van der Waals surface area contributed by atoms with Gasteiger partial charge in [0.05, 0.1) is 26.4 Å². The zero-order chi connectivity index (χ0) is 35.5. The van der Waals surface area contributed by atoms with Crippen molar-refractivity contribution in [3.63, 3.8) is 0 Å². The van der Waals surface area contributed by atoms with E-state index in [1.807, 2.05) is 6.92 Å². The van der Waals surface area contributed by atoms with Gasteiger partial charge >= 0.3 is 0 Å². The maximum atomic E-state index is 12.3. The predicted molar refractivity (Wildman–Crippen MR) is 156 cm³/mol. The smallest absolute Gasteiger partial charge is 0.219 e. The minimum atomic E-state index is -1.89. The summed E-state index contributed by atoms with van der Waals surface area (Å²) >= 11 is 0. The van der Waals surface area contributed by atoms with E-state index in [4.69, 9.17) is 28.4 Å². The van der Waals surface area contributed by atoms with Crippen LogP contribution in [0, 0.1) is 0 Å². The van der Waals surface area contributed by atoms with Crippen LogP contribution in [0.4, 0.5) is 0 Å². The lowest BCUT2D eigenvalue weighted by atomic mass is 9.96. The Bertz CT molecular complexity index is 974. The number of unbranched alkanes of at least 4 members (excludes halogenated alkanes) is 1. The lowest BCUT2D eigenvalue weighted by Gasteiger charge is -2.48. The van der Waals surface area contributed by atoms with Crippen molar-refractivity contribution in [1.82, 2.24) is 5.32 Å². The molecule has 0 aromatic heterocycles. The van der Waals surface area contributed by atoms with Crippen LogP contribution in [-0.2, 0) is 38.0 Å². The zero-order valence-corrected chi connectivity index (χ0v) is 26.7. The second kappa shape index (κ2) is 19.8. The molecule has 19 heteroatoms. The normalized spacial score (nSPS) is 40.4. The highest BCUT2D eigenvalue weighted by Crippen LogP contribution is 2.33. The molecule has 48 heavy (non-hydrogen) atoms. The Balaban J connectivity index is 1.70. The van der Waals surface area contributed by atoms with Gasteiger partial charge in [-0.2, -0.15) is 0 Å². The van der Waals surface area contributed by atoms with E-state index in [0.29, 0.717) is 25.8 Å². The first-order valence-corrected chi connectivity index (χ1v) is 16.1. The molecule has 0 spiro atoms. The van der Waals surface area contributed by atoms with Crippen molar-refractivity contribution < 1.29 is 89.1 Å². The third-order valence-corrected chi connectivity index (χ3v) is 8.44. The molecule has 3 saturated heterocycles. The molecule has 15 atom stereocenters. The number of carbonyl (C=O) groups excluding carboxylic acids is 2. The van der Waals surface area contributed by atoms with Crippen LogP contribution >= 0.6 is 0 Å². The number of ether oxygens (including phenoxy) is 6. The van der Waals surface area contributed by atoms with Crippen LogP contribution in [0.15, 0.2) is 0 Å². The van der Waals surface area contributed by atoms with Crippen LogP contribution in [0.5, 0.6) is 0 Å². The molecule has 3 aliphatic rings. The van der Waals surface area contributed by atoms with Gasteiger partial charge in [-0.05, 0) is 26.2 Å². The molecular formula is C29H51NO18. The number of hydrogen-bond donors (Lipinski definition) is 11. The molecule has 0 bridgehead atoms. The Morgan fingerprint density at radius 1 is 0.583 bits per heavy atom. The topological polar surface area (TPSA) is 304 Å². The van der Waals surface area contributed by atoms with Gasteiger partial charge in [0.2, 0.25) is 5.91 Å². The van der Waals surface area contributed by atoms with Gasteiger partial charge in [0.25, 0.3) is 0 Å². The molecule has 0 aromatic rings. The summed E-state index contributed by atoms with van der Waals surface area (Å²) in [5, 5.41) is 105. The maximum absolute atomic E-state index is 12.3. The number of ketones is 1. The van der Waals surface area contributed by atoms with Gasteiger partial charge in [-0.15, -0.1) is 0 Å². The van der Waals surface area contributed by atoms with E-state index in [-0.39, 0.29) is 37.6 Å². The van der Waals surface area contributed by atoms with Crippen LogP contribution in [0.25, 0.3) is 0 Å². The first-order chi connectivity index (χ1) is 22.9. The Labute approximate surface area is 276 Å². The number of aliphatic hydroxyl groups is 10. The molecule has 0 unspecified atom stereocenters. The summed E-state index contributed by atoms with van der Waals surface area (Å²) in [5.74, 6) is -0.162. The van der Waals surface area contributed by atoms with E-state index in [9.17, 15) is 60.7 Å². The van der Waals surface area contributed by atoms with Gasteiger partial charge in [0.1, 0.15) is 79.0 Å². The number of Topliss-reactive ketones (excluding diaryl/α,β-unsaturated/α-hetero) is 1. The molecule has 3 heterocycles. The standard InChI is InChI=1S/C29H51NO18/c1-2-30-17(35)8-4-3-6-13(34)7-5-9-43-29-26(48-28-23(41)21(39)19(37)15(11-32)45-28)24(42)25(16(12-33)46-29)47-27-22(40)20(38)18(36)14(10-31)44-27/h14-16,18-29,31-33,36-42H,2-12H2,1H3,(H,30,35)/t14-,15-,16-,18-,19-,20+,21+,22+,23+,24+,25-,26+,27-,28-,29+/m1/s1. The van der Waals surface area contributed by atoms with Gasteiger partial charge in [0, 0.05) is 25.8 Å². The Hall–Kier alpha value is -1.50. The third kappa shape index (κ3) is 10.5. The first kappa shape index (κ1) is 40.9. The van der Waals surface area contributed by atoms with Crippen molar-refractivity contribution in [3.05, 3.63) is 0 Å². The van der Waals surface area contributed by atoms with Gasteiger partial charge in [-0.1, -0.05) is 0 Å². The molecule has 0 radical (unpaired) electrons. The number of carbonyl (C=O) groups is 2. The number of hydrogen-bond acceptors (Lipinski definition) is 18. The summed E-state index contributed by atoms with van der Waals surface area (Å²) in [5.41, 5.74) is 0. The molecule has 3 aliphatic heterocycles. The third-order valence-electron chi connectivity index (χ3n) is 8.44. The zero-order valence-electron chi connectivity index (χ0n) is 26.7. The minimum Gasteiger partial charge on any atom is -0.394 e. The SMILES string of the molecule is CCNC(=O)CCCCC(=O)CCCO[C@H]1O[C@H](CO)[C@@H](O[C@H]2O[C@H](CO)[C@@H](O)[C@H](O)[C@@H]2O)[C@H](O)[C@@H]1O[C@H]1O[C@H](CO)[C@@H](O)[C@H](O)[C@@H]1O. The fraction of sp³-hybridized carbons (Fsp3) is 0.931. The molecule has 0 saturated carbocycles. The summed E-state index contributed by atoms with van der Waals surface area (Å²) in [7, 11) is 0. The second-order valence-corrected chi connectivity index (χ2v) is 12.0. The summed E-state index contributed by atoms with van der Waals surface area (Å²) in [4.78, 5) is 23.9.